The topological polar surface area (TPSA) is 95.8 Å². The fourth-order valence-electron chi connectivity index (χ4n) is 5.52. The second kappa shape index (κ2) is 8.53. The molecular formula is C27H26N8O. The van der Waals surface area contributed by atoms with Gasteiger partial charge in [0.05, 0.1) is 29.0 Å². The number of aromatic amines is 1. The van der Waals surface area contributed by atoms with Gasteiger partial charge in [0.1, 0.15) is 12.0 Å². The van der Waals surface area contributed by atoms with Gasteiger partial charge in [-0.1, -0.05) is 18.2 Å². The Morgan fingerprint density at radius 3 is 2.72 bits per heavy atom. The number of nitrogens with one attached hydrogen (secondary N) is 1. The third kappa shape index (κ3) is 3.63. The Hall–Kier alpha value is -4.11. The molecule has 2 aliphatic rings. The maximum Gasteiger partial charge on any atom is 0.255 e. The van der Waals surface area contributed by atoms with Gasteiger partial charge < -0.3 is 9.88 Å². The van der Waals surface area contributed by atoms with Crippen LogP contribution in [0.15, 0.2) is 67.5 Å². The standard InChI is InChI=1S/C27H26N8O/c36-27(19-11-18-3-1-2-4-24(18)29-12-19)33-9-6-21(7-10-33)34-15-22(16-34)35-14-20(13-32-35)25-23-5-8-28-26(23)31-17-30-25/h1-5,8,11-14,17,21-22H,6-7,9-10,15-16H2,(H,28,30,31). The summed E-state index contributed by atoms with van der Waals surface area (Å²) >= 11 is 0. The molecule has 2 saturated heterocycles. The summed E-state index contributed by atoms with van der Waals surface area (Å²) in [6, 6.07) is 12.7. The molecule has 2 aliphatic heterocycles. The van der Waals surface area contributed by atoms with E-state index in [-0.39, 0.29) is 5.91 Å². The Labute approximate surface area is 207 Å². The molecule has 0 atom stereocenters. The van der Waals surface area contributed by atoms with Crippen LogP contribution in [0.3, 0.4) is 0 Å². The minimum Gasteiger partial charge on any atom is -0.346 e. The molecule has 1 aromatic carbocycles. The Morgan fingerprint density at radius 2 is 1.83 bits per heavy atom. The molecule has 0 saturated carbocycles. The van der Waals surface area contributed by atoms with E-state index in [2.05, 4.69) is 40.8 Å². The highest BCUT2D eigenvalue weighted by molar-refractivity contribution is 5.97. The van der Waals surface area contributed by atoms with Gasteiger partial charge in [0.15, 0.2) is 0 Å². The lowest BCUT2D eigenvalue weighted by Gasteiger charge is -2.47. The average Bonchev–Trinajstić information content (AvgIpc) is 3.58. The number of benzene rings is 1. The molecule has 0 radical (unpaired) electrons. The van der Waals surface area contributed by atoms with Crippen LogP contribution < -0.4 is 0 Å². The molecule has 36 heavy (non-hydrogen) atoms. The molecule has 180 valence electrons. The molecule has 1 amide bonds. The zero-order chi connectivity index (χ0) is 24.1. The van der Waals surface area contributed by atoms with Gasteiger partial charge in [-0.05, 0) is 31.0 Å². The lowest BCUT2D eigenvalue weighted by molar-refractivity contribution is 0.0198. The van der Waals surface area contributed by atoms with Gasteiger partial charge in [-0.15, -0.1) is 0 Å². The number of nitrogens with zero attached hydrogens (tertiary/aromatic N) is 7. The number of carbonyl (C=O) groups is 1. The zero-order valence-electron chi connectivity index (χ0n) is 19.8. The highest BCUT2D eigenvalue weighted by atomic mass is 16.2. The van der Waals surface area contributed by atoms with Crippen LogP contribution in [0.5, 0.6) is 0 Å². The molecule has 0 aliphatic carbocycles. The minimum absolute atomic E-state index is 0.0820. The first-order valence-corrected chi connectivity index (χ1v) is 12.4. The van der Waals surface area contributed by atoms with E-state index in [1.165, 1.54) is 0 Å². The first-order chi connectivity index (χ1) is 17.7. The van der Waals surface area contributed by atoms with Crippen LogP contribution in [0, 0.1) is 0 Å². The monoisotopic (exact) mass is 478 g/mol. The molecular weight excluding hydrogens is 452 g/mol. The Kier molecular flexibility index (Phi) is 5.02. The number of aromatic nitrogens is 6. The SMILES string of the molecule is O=C(c1cnc2ccccc2c1)N1CCC(N2CC(n3cc(-c4ncnc5[nH]ccc45)cn3)C2)CC1. The summed E-state index contributed by atoms with van der Waals surface area (Å²) in [7, 11) is 0. The lowest BCUT2D eigenvalue weighted by atomic mass is 9.97. The summed E-state index contributed by atoms with van der Waals surface area (Å²) in [4.78, 5) is 33.9. The molecule has 0 bridgehead atoms. The minimum atomic E-state index is 0.0820. The van der Waals surface area contributed by atoms with Crippen LogP contribution in [-0.4, -0.2) is 77.6 Å². The molecule has 1 N–H and O–H groups in total. The number of amides is 1. The summed E-state index contributed by atoms with van der Waals surface area (Å²) < 4.78 is 2.07. The number of hydrogen-bond donors (Lipinski definition) is 1. The fraction of sp³-hybridized carbons (Fsp3) is 0.296. The van der Waals surface area contributed by atoms with E-state index in [4.69, 9.17) is 0 Å². The van der Waals surface area contributed by atoms with Crippen molar-refractivity contribution in [1.82, 2.24) is 39.5 Å². The van der Waals surface area contributed by atoms with Crippen LogP contribution in [0.4, 0.5) is 0 Å². The van der Waals surface area contributed by atoms with E-state index in [0.29, 0.717) is 17.6 Å². The van der Waals surface area contributed by atoms with E-state index in [9.17, 15) is 4.79 Å². The smallest absolute Gasteiger partial charge is 0.255 e. The number of carbonyl (C=O) groups excluding carboxylic acids is 1. The first-order valence-electron chi connectivity index (χ1n) is 12.4. The molecule has 9 heteroatoms. The Balaban J connectivity index is 0.958. The molecule has 4 aromatic heterocycles. The Morgan fingerprint density at radius 1 is 0.972 bits per heavy atom. The molecule has 9 nitrogen and oxygen atoms in total. The average molecular weight is 479 g/mol. The van der Waals surface area contributed by atoms with Gasteiger partial charge in [0.25, 0.3) is 5.91 Å². The predicted octanol–water partition coefficient (Wildman–Crippen LogP) is 3.53. The number of hydrogen-bond acceptors (Lipinski definition) is 6. The summed E-state index contributed by atoms with van der Waals surface area (Å²) in [6.45, 7) is 3.53. The molecule has 0 spiro atoms. The fourth-order valence-corrected chi connectivity index (χ4v) is 5.52. The summed E-state index contributed by atoms with van der Waals surface area (Å²) in [5.74, 6) is 0.0820. The summed E-state index contributed by atoms with van der Waals surface area (Å²) in [5, 5.41) is 6.65. The number of piperidine rings is 1. The van der Waals surface area contributed by atoms with Crippen LogP contribution in [0.1, 0.15) is 29.2 Å². The van der Waals surface area contributed by atoms with E-state index in [1.807, 2.05) is 53.7 Å². The number of fused-ring (bicyclic) bond motifs is 2. The number of para-hydroxylation sites is 1. The van der Waals surface area contributed by atoms with Crippen LogP contribution in [0.2, 0.25) is 0 Å². The highest BCUT2D eigenvalue weighted by Crippen LogP contribution is 2.30. The number of likely N-dealkylation sites (tertiary alicyclic amines) is 2. The van der Waals surface area contributed by atoms with Crippen molar-refractivity contribution in [2.45, 2.75) is 24.9 Å². The first kappa shape index (κ1) is 21.2. The van der Waals surface area contributed by atoms with E-state index < -0.39 is 0 Å². The molecule has 6 heterocycles. The molecule has 5 aromatic rings. The summed E-state index contributed by atoms with van der Waals surface area (Å²) in [6.07, 6.45) is 11.2. The van der Waals surface area contributed by atoms with Crippen molar-refractivity contribution in [1.29, 1.82) is 0 Å². The zero-order valence-corrected chi connectivity index (χ0v) is 19.8. The van der Waals surface area contributed by atoms with Crippen molar-refractivity contribution < 1.29 is 4.79 Å². The van der Waals surface area contributed by atoms with E-state index in [1.54, 1.807) is 12.5 Å². The van der Waals surface area contributed by atoms with Gasteiger partial charge in [-0.3, -0.25) is 19.4 Å². The molecule has 2 fully saturated rings. The van der Waals surface area contributed by atoms with Crippen LogP contribution >= 0.6 is 0 Å². The Bertz CT molecular complexity index is 1560. The van der Waals surface area contributed by atoms with Crippen molar-refractivity contribution in [2.24, 2.45) is 0 Å². The van der Waals surface area contributed by atoms with Gasteiger partial charge in [0.2, 0.25) is 0 Å². The van der Waals surface area contributed by atoms with Gasteiger partial charge in [0, 0.05) is 67.1 Å². The van der Waals surface area contributed by atoms with Crippen LogP contribution in [0.25, 0.3) is 33.2 Å². The third-order valence-electron chi connectivity index (χ3n) is 7.60. The predicted molar refractivity (Wildman–Crippen MR) is 136 cm³/mol. The quantitative estimate of drug-likeness (QED) is 0.425. The lowest BCUT2D eigenvalue weighted by Crippen LogP contribution is -2.56. The van der Waals surface area contributed by atoms with Crippen molar-refractivity contribution in [3.63, 3.8) is 0 Å². The van der Waals surface area contributed by atoms with Crippen molar-refractivity contribution >= 4 is 27.8 Å². The second-order valence-electron chi connectivity index (χ2n) is 9.72. The maximum atomic E-state index is 13.1. The third-order valence-corrected chi connectivity index (χ3v) is 7.60. The number of pyridine rings is 1. The van der Waals surface area contributed by atoms with Gasteiger partial charge >= 0.3 is 0 Å². The van der Waals surface area contributed by atoms with Crippen molar-refractivity contribution in [3.8, 4) is 11.3 Å². The summed E-state index contributed by atoms with van der Waals surface area (Å²) in [5.41, 5.74) is 4.34. The van der Waals surface area contributed by atoms with Gasteiger partial charge in [-0.25, -0.2) is 9.97 Å². The molecule has 7 rings (SSSR count). The normalized spacial score (nSPS) is 17.6. The van der Waals surface area contributed by atoms with Crippen molar-refractivity contribution in [3.05, 3.63) is 73.1 Å². The van der Waals surface area contributed by atoms with E-state index >= 15 is 0 Å². The highest BCUT2D eigenvalue weighted by Gasteiger charge is 2.36. The van der Waals surface area contributed by atoms with Crippen LogP contribution in [-0.2, 0) is 0 Å². The number of H-pyrrole nitrogens is 1. The largest absolute Gasteiger partial charge is 0.346 e. The van der Waals surface area contributed by atoms with Gasteiger partial charge in [-0.2, -0.15) is 5.10 Å². The molecule has 0 unspecified atom stereocenters. The number of rotatable bonds is 4. The maximum absolute atomic E-state index is 13.1. The van der Waals surface area contributed by atoms with Crippen molar-refractivity contribution in [2.75, 3.05) is 26.2 Å². The second-order valence-corrected chi connectivity index (χ2v) is 9.72. The van der Waals surface area contributed by atoms with E-state index in [0.717, 1.165) is 72.2 Å².